The fourth-order valence-electron chi connectivity index (χ4n) is 4.19. The topological polar surface area (TPSA) is 116 Å². The average Bonchev–Trinajstić information content (AvgIpc) is 2.99. The zero-order chi connectivity index (χ0) is 29.2. The largest absolute Gasteiger partial charge is 0.497 e. The molecule has 0 aliphatic rings. The molecule has 2 aromatic carbocycles. The van der Waals surface area contributed by atoms with Gasteiger partial charge in [-0.1, -0.05) is 12.1 Å². The maximum absolute atomic E-state index is 12.4. The molecule has 41 heavy (non-hydrogen) atoms. The lowest BCUT2D eigenvalue weighted by molar-refractivity contribution is -0.140. The summed E-state index contributed by atoms with van der Waals surface area (Å²) in [6.45, 7) is 4.78. The van der Waals surface area contributed by atoms with Crippen molar-refractivity contribution < 1.29 is 23.8 Å². The van der Waals surface area contributed by atoms with Crippen LogP contribution in [0.4, 0.5) is 17.3 Å². The molecule has 0 aliphatic heterocycles. The van der Waals surface area contributed by atoms with E-state index in [9.17, 15) is 9.59 Å². The van der Waals surface area contributed by atoms with Crippen LogP contribution in [0, 0.1) is 13.8 Å². The van der Waals surface area contributed by atoms with Crippen LogP contribution in [0.1, 0.15) is 40.0 Å². The summed E-state index contributed by atoms with van der Waals surface area (Å²) in [4.78, 5) is 39.2. The maximum atomic E-state index is 12.4. The minimum atomic E-state index is -0.295. The van der Waals surface area contributed by atoms with Gasteiger partial charge in [0.05, 0.1) is 26.0 Å². The molecule has 2 aromatic heterocycles. The van der Waals surface area contributed by atoms with Gasteiger partial charge in [-0.2, -0.15) is 0 Å². The highest BCUT2D eigenvalue weighted by atomic mass is 16.5. The fraction of sp³-hybridized carbons (Fsp3) is 0.258. The van der Waals surface area contributed by atoms with Crippen LogP contribution in [-0.2, 0) is 16.1 Å². The Morgan fingerprint density at radius 1 is 0.976 bits per heavy atom. The van der Waals surface area contributed by atoms with Gasteiger partial charge in [-0.25, -0.2) is 9.97 Å². The number of anilines is 3. The summed E-state index contributed by atoms with van der Waals surface area (Å²) < 4.78 is 16.0. The third-order valence-corrected chi connectivity index (χ3v) is 6.40. The van der Waals surface area contributed by atoms with Crippen molar-refractivity contribution in [2.24, 2.45) is 0 Å². The molecule has 0 aliphatic carbocycles. The van der Waals surface area contributed by atoms with Crippen molar-refractivity contribution in [1.29, 1.82) is 0 Å². The van der Waals surface area contributed by atoms with Crippen LogP contribution in [0.25, 0.3) is 0 Å². The number of aldehydes is 1. The van der Waals surface area contributed by atoms with Gasteiger partial charge < -0.3 is 24.4 Å². The first-order chi connectivity index (χ1) is 19.9. The number of carbonyl (C=O) groups is 2. The van der Waals surface area contributed by atoms with Gasteiger partial charge in [0.15, 0.2) is 6.29 Å². The number of hydrogen-bond acceptors (Lipinski definition) is 10. The highest BCUT2D eigenvalue weighted by molar-refractivity contribution is 5.90. The number of ether oxygens (including phenoxy) is 3. The van der Waals surface area contributed by atoms with Crippen LogP contribution in [0.3, 0.4) is 0 Å². The Balaban J connectivity index is 1.58. The molecular weight excluding hydrogens is 522 g/mol. The lowest BCUT2D eigenvalue weighted by Gasteiger charge is -2.26. The summed E-state index contributed by atoms with van der Waals surface area (Å²) in [7, 11) is 2.98. The Hall–Kier alpha value is -4.99. The Morgan fingerprint density at radius 2 is 1.76 bits per heavy atom. The van der Waals surface area contributed by atoms with E-state index < -0.39 is 0 Å². The standard InChI is InChI=1S/C31H33N5O5/c1-21-16-24(10-14-28(21)41-26-11-7-22(2)32-17-26)35-30-27(19-37)31(34-20-33-30)36(15-5-6-29(38)40-4)18-23-8-12-25(39-3)13-9-23/h7-14,16-17,19-20H,5-6,15,18H2,1-4H3,(H,33,34,35). The molecule has 0 saturated carbocycles. The second kappa shape index (κ2) is 13.9. The van der Waals surface area contributed by atoms with Crippen molar-refractivity contribution in [1.82, 2.24) is 15.0 Å². The Kier molecular flexibility index (Phi) is 9.82. The minimum Gasteiger partial charge on any atom is -0.497 e. The molecule has 2 heterocycles. The number of nitrogens with zero attached hydrogens (tertiary/aromatic N) is 4. The van der Waals surface area contributed by atoms with E-state index in [4.69, 9.17) is 14.2 Å². The second-order valence-electron chi connectivity index (χ2n) is 9.37. The zero-order valence-corrected chi connectivity index (χ0v) is 23.6. The number of carbonyl (C=O) groups excluding carboxylic acids is 2. The van der Waals surface area contributed by atoms with E-state index in [1.807, 2.05) is 73.3 Å². The van der Waals surface area contributed by atoms with Gasteiger partial charge in [0.2, 0.25) is 0 Å². The third-order valence-electron chi connectivity index (χ3n) is 6.40. The van der Waals surface area contributed by atoms with Gasteiger partial charge >= 0.3 is 5.97 Å². The monoisotopic (exact) mass is 555 g/mol. The molecular formula is C31H33N5O5. The Bertz CT molecular complexity index is 1480. The smallest absolute Gasteiger partial charge is 0.305 e. The van der Waals surface area contributed by atoms with E-state index in [1.165, 1.54) is 13.4 Å². The lowest BCUT2D eigenvalue weighted by Crippen LogP contribution is -2.27. The first-order valence-corrected chi connectivity index (χ1v) is 13.1. The molecule has 212 valence electrons. The first-order valence-electron chi connectivity index (χ1n) is 13.1. The Morgan fingerprint density at radius 3 is 2.41 bits per heavy atom. The number of hydrogen-bond donors (Lipinski definition) is 1. The SMILES string of the molecule is COC(=O)CCCN(Cc1ccc(OC)cc1)c1ncnc(Nc2ccc(Oc3ccc(C)nc3)c(C)c2)c1C=O. The summed E-state index contributed by atoms with van der Waals surface area (Å²) in [6, 6.07) is 17.0. The number of esters is 1. The highest BCUT2D eigenvalue weighted by Gasteiger charge is 2.19. The second-order valence-corrected chi connectivity index (χ2v) is 9.37. The van der Waals surface area contributed by atoms with E-state index in [0.717, 1.165) is 34.5 Å². The van der Waals surface area contributed by atoms with Crippen LogP contribution in [0.15, 0.2) is 67.1 Å². The molecule has 0 saturated heterocycles. The molecule has 1 N–H and O–H groups in total. The summed E-state index contributed by atoms with van der Waals surface area (Å²) in [6.07, 6.45) is 4.61. The molecule has 0 amide bonds. The number of rotatable bonds is 13. The van der Waals surface area contributed by atoms with Crippen LogP contribution in [0.5, 0.6) is 17.2 Å². The van der Waals surface area contributed by atoms with E-state index in [1.54, 1.807) is 13.3 Å². The van der Waals surface area contributed by atoms with Crippen molar-refractivity contribution in [2.45, 2.75) is 33.2 Å². The van der Waals surface area contributed by atoms with Gasteiger partial charge in [-0.3, -0.25) is 14.6 Å². The quantitative estimate of drug-likeness (QED) is 0.160. The summed E-state index contributed by atoms with van der Waals surface area (Å²) in [5.74, 6) is 2.62. The summed E-state index contributed by atoms with van der Waals surface area (Å²) >= 11 is 0. The number of pyridine rings is 1. The van der Waals surface area contributed by atoms with E-state index in [0.29, 0.717) is 48.2 Å². The Labute approximate surface area is 239 Å². The molecule has 0 spiro atoms. The average molecular weight is 556 g/mol. The van der Waals surface area contributed by atoms with Gasteiger partial charge in [0.25, 0.3) is 0 Å². The molecule has 0 unspecified atom stereocenters. The number of aryl methyl sites for hydroxylation is 2. The highest BCUT2D eigenvalue weighted by Crippen LogP contribution is 2.30. The van der Waals surface area contributed by atoms with E-state index in [-0.39, 0.29) is 12.4 Å². The number of nitrogens with one attached hydrogen (secondary N) is 1. The van der Waals surface area contributed by atoms with Crippen molar-refractivity contribution in [2.75, 3.05) is 31.0 Å². The summed E-state index contributed by atoms with van der Waals surface area (Å²) in [5.41, 5.74) is 3.83. The van der Waals surface area contributed by atoms with Crippen LogP contribution >= 0.6 is 0 Å². The van der Waals surface area contributed by atoms with E-state index >= 15 is 0 Å². The van der Waals surface area contributed by atoms with Crippen molar-refractivity contribution in [3.63, 3.8) is 0 Å². The van der Waals surface area contributed by atoms with Gasteiger partial charge in [0, 0.05) is 30.9 Å². The fourth-order valence-corrected chi connectivity index (χ4v) is 4.19. The van der Waals surface area contributed by atoms with Crippen LogP contribution in [0.2, 0.25) is 0 Å². The number of benzene rings is 2. The zero-order valence-electron chi connectivity index (χ0n) is 23.6. The van der Waals surface area contributed by atoms with Crippen molar-refractivity contribution in [3.8, 4) is 17.2 Å². The maximum Gasteiger partial charge on any atom is 0.305 e. The predicted molar refractivity (Wildman–Crippen MR) is 156 cm³/mol. The van der Waals surface area contributed by atoms with Gasteiger partial charge in [-0.05, 0) is 73.9 Å². The predicted octanol–water partition coefficient (Wildman–Crippen LogP) is 5.81. The lowest BCUT2D eigenvalue weighted by atomic mass is 10.1. The molecule has 0 radical (unpaired) electrons. The number of aromatic nitrogens is 3. The third kappa shape index (κ3) is 7.78. The molecule has 0 atom stereocenters. The van der Waals surface area contributed by atoms with Crippen molar-refractivity contribution >= 4 is 29.6 Å². The molecule has 10 nitrogen and oxygen atoms in total. The van der Waals surface area contributed by atoms with Crippen LogP contribution in [-0.4, -0.2) is 48.0 Å². The molecule has 4 rings (SSSR count). The molecule has 4 aromatic rings. The normalized spacial score (nSPS) is 10.5. The first kappa shape index (κ1) is 29.0. The summed E-state index contributed by atoms with van der Waals surface area (Å²) in [5, 5.41) is 3.25. The van der Waals surface area contributed by atoms with Crippen molar-refractivity contribution in [3.05, 3.63) is 89.5 Å². The minimum absolute atomic E-state index is 0.245. The molecule has 0 fully saturated rings. The molecule has 10 heteroatoms. The number of methoxy groups -OCH3 is 2. The van der Waals surface area contributed by atoms with Crippen LogP contribution < -0.4 is 19.7 Å². The molecule has 0 bridgehead atoms. The van der Waals surface area contributed by atoms with E-state index in [2.05, 4.69) is 20.3 Å². The van der Waals surface area contributed by atoms with Gasteiger partial charge in [0.1, 0.15) is 35.2 Å². The van der Waals surface area contributed by atoms with Gasteiger partial charge in [-0.15, -0.1) is 0 Å².